The van der Waals surface area contributed by atoms with E-state index in [9.17, 15) is 19.2 Å². The van der Waals surface area contributed by atoms with Crippen molar-refractivity contribution in [2.45, 2.75) is 26.4 Å². The summed E-state index contributed by atoms with van der Waals surface area (Å²) in [6.07, 6.45) is -1.04. The van der Waals surface area contributed by atoms with E-state index in [2.05, 4.69) is 0 Å². The van der Waals surface area contributed by atoms with Crippen molar-refractivity contribution >= 4 is 52.5 Å². The van der Waals surface area contributed by atoms with E-state index in [4.69, 9.17) is 32.7 Å². The molecule has 7 nitrogen and oxygen atoms in total. The molecule has 0 aliphatic carbocycles. The number of ketones is 1. The van der Waals surface area contributed by atoms with Crippen molar-refractivity contribution in [3.8, 4) is 11.5 Å². The van der Waals surface area contributed by atoms with Gasteiger partial charge in [0.2, 0.25) is 5.78 Å². The first-order valence-electron chi connectivity index (χ1n) is 13.1. The molecule has 4 aromatic carbocycles. The van der Waals surface area contributed by atoms with E-state index in [1.807, 2.05) is 32.0 Å². The zero-order valence-electron chi connectivity index (χ0n) is 22.7. The second kappa shape index (κ2) is 12.2. The highest BCUT2D eigenvalue weighted by Gasteiger charge is 2.37. The minimum atomic E-state index is -1.14. The predicted molar refractivity (Wildman–Crippen MR) is 160 cm³/mol. The van der Waals surface area contributed by atoms with Gasteiger partial charge in [0, 0.05) is 22.9 Å². The fourth-order valence-electron chi connectivity index (χ4n) is 4.52. The van der Waals surface area contributed by atoms with Crippen LogP contribution in [-0.2, 0) is 4.74 Å². The molecule has 0 bridgehead atoms. The number of alkyl halides is 1. The fourth-order valence-corrected chi connectivity index (χ4v) is 4.84. The molecule has 42 heavy (non-hydrogen) atoms. The van der Waals surface area contributed by atoms with Crippen molar-refractivity contribution in [1.82, 2.24) is 0 Å². The lowest BCUT2D eigenvalue weighted by Crippen LogP contribution is -2.29. The molecule has 1 aliphatic heterocycles. The minimum Gasteiger partial charge on any atom is -0.457 e. The molecule has 0 spiro atoms. The van der Waals surface area contributed by atoms with E-state index in [0.29, 0.717) is 27.8 Å². The number of aryl methyl sites for hydroxylation is 2. The van der Waals surface area contributed by atoms with Gasteiger partial charge in [-0.15, -0.1) is 11.6 Å². The second-order valence-corrected chi connectivity index (χ2v) is 10.6. The minimum absolute atomic E-state index is 0.0253. The number of imide groups is 1. The van der Waals surface area contributed by atoms with E-state index in [1.54, 1.807) is 36.4 Å². The second-order valence-electron chi connectivity index (χ2n) is 9.79. The molecule has 1 atom stereocenters. The average molecular weight is 602 g/mol. The van der Waals surface area contributed by atoms with Crippen LogP contribution in [0.4, 0.5) is 5.69 Å². The van der Waals surface area contributed by atoms with Gasteiger partial charge in [-0.25, -0.2) is 9.69 Å². The highest BCUT2D eigenvalue weighted by molar-refractivity contribution is 6.34. The van der Waals surface area contributed by atoms with Gasteiger partial charge in [0.05, 0.1) is 22.4 Å². The molecular weight excluding hydrogens is 577 g/mol. The van der Waals surface area contributed by atoms with E-state index >= 15 is 0 Å². The Hall–Kier alpha value is -4.46. The monoisotopic (exact) mass is 601 g/mol. The number of Topliss-reactive ketones (excluding diaryl/α,β-unsaturated/α-hetero) is 1. The van der Waals surface area contributed by atoms with Gasteiger partial charge in [0.15, 0.2) is 6.10 Å². The molecule has 4 aromatic rings. The summed E-state index contributed by atoms with van der Waals surface area (Å²) >= 11 is 11.8. The lowest BCUT2D eigenvalue weighted by Gasteiger charge is -2.16. The summed E-state index contributed by atoms with van der Waals surface area (Å²) in [6, 6.07) is 22.7. The molecule has 0 N–H and O–H groups in total. The molecule has 1 heterocycles. The summed E-state index contributed by atoms with van der Waals surface area (Å²) in [4.78, 5) is 53.5. The maximum absolute atomic E-state index is 13.3. The molecule has 0 saturated carbocycles. The van der Waals surface area contributed by atoms with Gasteiger partial charge in [-0.2, -0.15) is 0 Å². The quantitative estimate of drug-likeness (QED) is 0.0849. The lowest BCUT2D eigenvalue weighted by atomic mass is 10.0. The van der Waals surface area contributed by atoms with Gasteiger partial charge in [0.1, 0.15) is 11.5 Å². The van der Waals surface area contributed by atoms with Gasteiger partial charge >= 0.3 is 5.97 Å². The molecule has 212 valence electrons. The maximum Gasteiger partial charge on any atom is 0.338 e. The van der Waals surface area contributed by atoms with Crippen LogP contribution in [0, 0.1) is 13.8 Å². The first kappa shape index (κ1) is 29.0. The molecule has 0 radical (unpaired) electrons. The fraction of sp³-hybridized carbons (Fsp3) is 0.152. The molecular formula is C33H25Cl2NO6. The molecule has 1 unspecified atom stereocenters. The highest BCUT2D eigenvalue weighted by Crippen LogP contribution is 2.32. The number of rotatable bonds is 9. The van der Waals surface area contributed by atoms with Crippen molar-refractivity contribution in [2.24, 2.45) is 0 Å². The van der Waals surface area contributed by atoms with Crippen LogP contribution in [0.5, 0.6) is 11.5 Å². The van der Waals surface area contributed by atoms with E-state index in [-0.39, 0.29) is 29.0 Å². The summed E-state index contributed by atoms with van der Waals surface area (Å²) in [5, 5.41) is 0.463. The number of fused-ring (bicyclic) bond motifs is 1. The van der Waals surface area contributed by atoms with Crippen LogP contribution < -0.4 is 9.64 Å². The summed E-state index contributed by atoms with van der Waals surface area (Å²) in [5.74, 6) is -1.04. The predicted octanol–water partition coefficient (Wildman–Crippen LogP) is 7.59. The Kier molecular flexibility index (Phi) is 8.43. The first-order chi connectivity index (χ1) is 20.2. The van der Waals surface area contributed by atoms with Gasteiger partial charge in [-0.05, 0) is 104 Å². The third-order valence-corrected chi connectivity index (χ3v) is 7.44. The molecule has 5 rings (SSSR count). The number of halogens is 2. The normalized spacial score (nSPS) is 13.1. The van der Waals surface area contributed by atoms with E-state index < -0.39 is 29.7 Å². The number of carbonyl (C=O) groups is 4. The Labute approximate surface area is 252 Å². The van der Waals surface area contributed by atoms with Crippen molar-refractivity contribution < 1.29 is 28.7 Å². The number of benzene rings is 4. The van der Waals surface area contributed by atoms with Crippen LogP contribution in [-0.4, -0.2) is 35.6 Å². The molecule has 9 heteroatoms. The Balaban J connectivity index is 1.31. The number of nitrogens with zero attached hydrogens (tertiary/aromatic N) is 1. The summed E-state index contributed by atoms with van der Waals surface area (Å²) in [7, 11) is 0. The third kappa shape index (κ3) is 5.93. The van der Waals surface area contributed by atoms with Gasteiger partial charge in [-0.3, -0.25) is 14.4 Å². The zero-order chi connectivity index (χ0) is 30.0. The van der Waals surface area contributed by atoms with Crippen LogP contribution >= 0.6 is 23.2 Å². The van der Waals surface area contributed by atoms with Crippen LogP contribution in [0.2, 0.25) is 5.02 Å². The smallest absolute Gasteiger partial charge is 0.338 e. The van der Waals surface area contributed by atoms with Gasteiger partial charge in [-0.1, -0.05) is 17.7 Å². The number of hydrogen-bond acceptors (Lipinski definition) is 6. The molecule has 1 aliphatic rings. The Morgan fingerprint density at radius 2 is 1.40 bits per heavy atom. The first-order valence-corrected chi connectivity index (χ1v) is 14.0. The standard InChI is InChI=1S/C33H25Cl2NO6/c1-19-3-11-26(17-20(19)2)41-25-12-9-24(10-13-25)36-31(38)27-14-6-22(18-28(27)32(36)39)33(40)42-29(15-16-34)30(37)21-4-7-23(35)8-5-21/h3-14,17-18,29H,15-16H2,1-2H3. The third-order valence-electron chi connectivity index (χ3n) is 6.97. The van der Waals surface area contributed by atoms with Crippen LogP contribution in [0.3, 0.4) is 0 Å². The van der Waals surface area contributed by atoms with Crippen molar-refractivity contribution in [3.63, 3.8) is 0 Å². The highest BCUT2D eigenvalue weighted by atomic mass is 35.5. The topological polar surface area (TPSA) is 90.0 Å². The number of hydrogen-bond donors (Lipinski definition) is 0. The summed E-state index contributed by atoms with van der Waals surface area (Å²) in [6.45, 7) is 4.02. The van der Waals surface area contributed by atoms with Crippen molar-refractivity contribution in [2.75, 3.05) is 10.8 Å². The Morgan fingerprint density at radius 1 is 0.762 bits per heavy atom. The number of ether oxygens (including phenoxy) is 2. The SMILES string of the molecule is Cc1ccc(Oc2ccc(N3C(=O)c4ccc(C(=O)OC(CCCl)C(=O)c5ccc(Cl)cc5)cc4C3=O)cc2)cc1C. The van der Waals surface area contributed by atoms with Gasteiger partial charge in [0.25, 0.3) is 11.8 Å². The number of esters is 1. The van der Waals surface area contributed by atoms with Gasteiger partial charge < -0.3 is 9.47 Å². The number of anilines is 1. The molecule has 2 amide bonds. The Morgan fingerprint density at radius 3 is 2.07 bits per heavy atom. The van der Waals surface area contributed by atoms with Crippen LogP contribution in [0.1, 0.15) is 59.0 Å². The average Bonchev–Trinajstić information content (AvgIpc) is 3.24. The van der Waals surface area contributed by atoms with E-state index in [1.165, 1.54) is 30.3 Å². The van der Waals surface area contributed by atoms with Crippen LogP contribution in [0.25, 0.3) is 0 Å². The Bertz CT molecular complexity index is 1700. The van der Waals surface area contributed by atoms with Crippen molar-refractivity contribution in [1.29, 1.82) is 0 Å². The van der Waals surface area contributed by atoms with E-state index in [0.717, 1.165) is 16.0 Å². The summed E-state index contributed by atoms with van der Waals surface area (Å²) in [5.41, 5.74) is 3.16. The van der Waals surface area contributed by atoms with Crippen LogP contribution in [0.15, 0.2) is 84.9 Å². The number of amides is 2. The largest absolute Gasteiger partial charge is 0.457 e. The maximum atomic E-state index is 13.3. The van der Waals surface area contributed by atoms with Crippen molar-refractivity contribution in [3.05, 3.63) is 123 Å². The molecule has 0 aromatic heterocycles. The zero-order valence-corrected chi connectivity index (χ0v) is 24.2. The lowest BCUT2D eigenvalue weighted by molar-refractivity contribution is 0.0278. The summed E-state index contributed by atoms with van der Waals surface area (Å²) < 4.78 is 11.4. The molecule has 0 fully saturated rings. The number of carbonyl (C=O) groups excluding carboxylic acids is 4. The molecule has 0 saturated heterocycles.